The molecule has 2 heterocycles. The summed E-state index contributed by atoms with van der Waals surface area (Å²) in [6.45, 7) is 8.21. The molecule has 0 saturated carbocycles. The minimum absolute atomic E-state index is 0.115. The molecule has 5 heteroatoms. The van der Waals surface area contributed by atoms with Gasteiger partial charge in [0.05, 0.1) is 0 Å². The van der Waals surface area contributed by atoms with E-state index in [-0.39, 0.29) is 17.6 Å². The highest BCUT2D eigenvalue weighted by Gasteiger charge is 2.24. The molecule has 0 bridgehead atoms. The second kappa shape index (κ2) is 7.18. The number of phenols is 1. The first kappa shape index (κ1) is 16.7. The number of pyridine rings is 1. The first-order valence-electron chi connectivity index (χ1n) is 8.67. The maximum atomic E-state index is 12.3. The van der Waals surface area contributed by atoms with Crippen molar-refractivity contribution in [2.24, 2.45) is 5.92 Å². The molecule has 0 aliphatic carbocycles. The lowest BCUT2D eigenvalue weighted by Crippen LogP contribution is -2.49. The van der Waals surface area contributed by atoms with Gasteiger partial charge in [-0.3, -0.25) is 14.7 Å². The fourth-order valence-electron chi connectivity index (χ4n) is 3.21. The van der Waals surface area contributed by atoms with Crippen LogP contribution in [0.2, 0.25) is 0 Å². The van der Waals surface area contributed by atoms with E-state index in [1.165, 1.54) is 0 Å². The first-order chi connectivity index (χ1) is 11.6. The highest BCUT2D eigenvalue weighted by atomic mass is 16.3. The van der Waals surface area contributed by atoms with Crippen LogP contribution in [0.3, 0.4) is 0 Å². The van der Waals surface area contributed by atoms with Crippen LogP contribution in [-0.2, 0) is 11.3 Å². The summed E-state index contributed by atoms with van der Waals surface area (Å²) in [4.78, 5) is 20.9. The molecule has 1 aromatic heterocycles. The molecule has 1 aliphatic heterocycles. The number of carbonyl (C=O) groups excluding carboxylic acids is 1. The number of aromatic hydroxyl groups is 1. The Morgan fingerprint density at radius 1 is 1.25 bits per heavy atom. The van der Waals surface area contributed by atoms with Gasteiger partial charge in [0, 0.05) is 50.2 Å². The molecule has 1 amide bonds. The zero-order valence-electron chi connectivity index (χ0n) is 14.4. The molecule has 1 N–H and O–H groups in total. The van der Waals surface area contributed by atoms with E-state index >= 15 is 0 Å². The van der Waals surface area contributed by atoms with Crippen LogP contribution in [0.4, 0.5) is 0 Å². The lowest BCUT2D eigenvalue weighted by Gasteiger charge is -2.36. The van der Waals surface area contributed by atoms with Crippen LogP contribution in [0.5, 0.6) is 5.75 Å². The number of carbonyl (C=O) groups is 1. The van der Waals surface area contributed by atoms with Crippen molar-refractivity contribution >= 4 is 16.8 Å². The lowest BCUT2D eigenvalue weighted by molar-refractivity contribution is -0.136. The van der Waals surface area contributed by atoms with E-state index in [2.05, 4.69) is 16.8 Å². The summed E-state index contributed by atoms with van der Waals surface area (Å²) in [7, 11) is 0. The molecule has 0 unspecified atom stereocenters. The summed E-state index contributed by atoms with van der Waals surface area (Å²) >= 11 is 0. The van der Waals surface area contributed by atoms with Gasteiger partial charge in [-0.2, -0.15) is 0 Å². The highest BCUT2D eigenvalue weighted by molar-refractivity contribution is 5.87. The monoisotopic (exact) mass is 327 g/mol. The highest BCUT2D eigenvalue weighted by Crippen LogP contribution is 2.26. The molecule has 1 aliphatic rings. The smallest absolute Gasteiger partial charge is 0.225 e. The number of hydrogen-bond acceptors (Lipinski definition) is 4. The summed E-state index contributed by atoms with van der Waals surface area (Å²) in [5.41, 5.74) is 1.82. The third-order valence-corrected chi connectivity index (χ3v) is 4.95. The Bertz CT molecular complexity index is 724. The minimum Gasteiger partial charge on any atom is -0.506 e. The van der Waals surface area contributed by atoms with Crippen molar-refractivity contribution in [3.63, 3.8) is 0 Å². The molecule has 128 valence electrons. The standard InChI is InChI=1S/C19H25N3O2/c1-3-14(2)19(24)22-11-9-21(10-12-22)13-15-6-7-17(23)18-16(15)5-4-8-20-18/h4-8,14,23H,3,9-13H2,1-2H3/t14-/m1/s1. The second-order valence-electron chi connectivity index (χ2n) is 6.55. The van der Waals surface area contributed by atoms with Crippen LogP contribution in [-0.4, -0.2) is 52.0 Å². The molecule has 1 aromatic carbocycles. The summed E-state index contributed by atoms with van der Waals surface area (Å²) in [5, 5.41) is 10.9. The van der Waals surface area contributed by atoms with Crippen molar-refractivity contribution in [3.8, 4) is 5.75 Å². The maximum absolute atomic E-state index is 12.3. The summed E-state index contributed by atoms with van der Waals surface area (Å²) in [5.74, 6) is 0.610. The maximum Gasteiger partial charge on any atom is 0.225 e. The number of amides is 1. The van der Waals surface area contributed by atoms with Gasteiger partial charge in [-0.25, -0.2) is 0 Å². The SMILES string of the molecule is CC[C@@H](C)C(=O)N1CCN(Cc2ccc(O)c3ncccc23)CC1. The molecule has 1 fully saturated rings. The van der Waals surface area contributed by atoms with Crippen LogP contribution in [0.1, 0.15) is 25.8 Å². The molecule has 0 radical (unpaired) electrons. The van der Waals surface area contributed by atoms with Gasteiger partial charge in [-0.05, 0) is 24.1 Å². The predicted molar refractivity (Wildman–Crippen MR) is 94.7 cm³/mol. The van der Waals surface area contributed by atoms with E-state index in [0.717, 1.165) is 50.1 Å². The zero-order valence-corrected chi connectivity index (χ0v) is 14.4. The average Bonchev–Trinajstić information content (AvgIpc) is 2.63. The van der Waals surface area contributed by atoms with E-state index in [0.29, 0.717) is 5.52 Å². The Morgan fingerprint density at radius 2 is 2.00 bits per heavy atom. The molecular weight excluding hydrogens is 302 g/mol. The van der Waals surface area contributed by atoms with Crippen molar-refractivity contribution in [2.75, 3.05) is 26.2 Å². The molecule has 5 nitrogen and oxygen atoms in total. The van der Waals surface area contributed by atoms with Gasteiger partial charge < -0.3 is 10.0 Å². The van der Waals surface area contributed by atoms with E-state index in [9.17, 15) is 9.90 Å². The fourth-order valence-corrected chi connectivity index (χ4v) is 3.21. The molecule has 1 saturated heterocycles. The molecule has 3 rings (SSSR count). The molecule has 1 atom stereocenters. The van der Waals surface area contributed by atoms with Crippen LogP contribution < -0.4 is 0 Å². The van der Waals surface area contributed by atoms with Crippen molar-refractivity contribution in [1.29, 1.82) is 0 Å². The van der Waals surface area contributed by atoms with Crippen LogP contribution in [0.25, 0.3) is 10.9 Å². The number of piperazine rings is 1. The Morgan fingerprint density at radius 3 is 2.71 bits per heavy atom. The number of aromatic nitrogens is 1. The van der Waals surface area contributed by atoms with E-state index < -0.39 is 0 Å². The van der Waals surface area contributed by atoms with Gasteiger partial charge in [0.15, 0.2) is 0 Å². The Balaban J connectivity index is 1.67. The summed E-state index contributed by atoms with van der Waals surface area (Å²) < 4.78 is 0. The van der Waals surface area contributed by atoms with Crippen LogP contribution in [0.15, 0.2) is 30.5 Å². The normalized spacial score (nSPS) is 17.2. The number of nitrogens with zero attached hydrogens (tertiary/aromatic N) is 3. The number of fused-ring (bicyclic) bond motifs is 1. The lowest BCUT2D eigenvalue weighted by atomic mass is 10.1. The topological polar surface area (TPSA) is 56.7 Å². The van der Waals surface area contributed by atoms with Crippen molar-refractivity contribution < 1.29 is 9.90 Å². The Labute approximate surface area is 142 Å². The van der Waals surface area contributed by atoms with E-state index in [1.54, 1.807) is 12.3 Å². The van der Waals surface area contributed by atoms with Gasteiger partial charge in [0.1, 0.15) is 11.3 Å². The van der Waals surface area contributed by atoms with Crippen LogP contribution in [0, 0.1) is 5.92 Å². The van der Waals surface area contributed by atoms with Crippen LogP contribution >= 0.6 is 0 Å². The Kier molecular flexibility index (Phi) is 5.00. The number of hydrogen-bond donors (Lipinski definition) is 1. The van der Waals surface area contributed by atoms with Gasteiger partial charge >= 0.3 is 0 Å². The predicted octanol–water partition coefficient (Wildman–Crippen LogP) is 2.63. The number of phenolic OH excluding ortho intramolecular Hbond substituents is 1. The van der Waals surface area contributed by atoms with Gasteiger partial charge in [0.2, 0.25) is 5.91 Å². The number of benzene rings is 1. The third-order valence-electron chi connectivity index (χ3n) is 4.95. The average molecular weight is 327 g/mol. The zero-order chi connectivity index (χ0) is 17.1. The first-order valence-corrected chi connectivity index (χ1v) is 8.67. The second-order valence-corrected chi connectivity index (χ2v) is 6.55. The molecule has 0 spiro atoms. The third kappa shape index (κ3) is 3.36. The molecular formula is C19H25N3O2. The fraction of sp³-hybridized carbons (Fsp3) is 0.474. The largest absolute Gasteiger partial charge is 0.506 e. The van der Waals surface area contributed by atoms with E-state index in [4.69, 9.17) is 0 Å². The van der Waals surface area contributed by atoms with Gasteiger partial charge in [-0.1, -0.05) is 26.0 Å². The molecule has 2 aromatic rings. The van der Waals surface area contributed by atoms with Gasteiger partial charge in [-0.15, -0.1) is 0 Å². The van der Waals surface area contributed by atoms with Crippen molar-refractivity contribution in [1.82, 2.24) is 14.8 Å². The van der Waals surface area contributed by atoms with Crippen molar-refractivity contribution in [3.05, 3.63) is 36.0 Å². The quantitative estimate of drug-likeness (QED) is 0.938. The van der Waals surface area contributed by atoms with E-state index in [1.807, 2.05) is 30.0 Å². The molecule has 24 heavy (non-hydrogen) atoms. The number of rotatable bonds is 4. The summed E-state index contributed by atoms with van der Waals surface area (Å²) in [6, 6.07) is 7.58. The minimum atomic E-state index is 0.115. The van der Waals surface area contributed by atoms with Crippen molar-refractivity contribution in [2.45, 2.75) is 26.8 Å². The van der Waals surface area contributed by atoms with Gasteiger partial charge in [0.25, 0.3) is 0 Å². The Hall–Kier alpha value is -2.14. The summed E-state index contributed by atoms with van der Waals surface area (Å²) in [6.07, 6.45) is 2.59.